The topological polar surface area (TPSA) is 99.6 Å². The minimum Gasteiger partial charge on any atom is -0.480 e. The van der Waals surface area contributed by atoms with E-state index in [0.717, 1.165) is 25.7 Å². The van der Waals surface area contributed by atoms with Crippen molar-refractivity contribution in [3.63, 3.8) is 0 Å². The summed E-state index contributed by atoms with van der Waals surface area (Å²) >= 11 is 0. The van der Waals surface area contributed by atoms with Crippen molar-refractivity contribution in [2.45, 2.75) is 44.8 Å². The zero-order valence-corrected chi connectivity index (χ0v) is 15.9. The fraction of sp³-hybridized carbons (Fsp3) is 0.400. The van der Waals surface area contributed by atoms with Gasteiger partial charge in [0, 0.05) is 18.5 Å². The number of rotatable bonds is 6. The Balaban J connectivity index is 1.47. The lowest BCUT2D eigenvalue weighted by atomic mass is 9.92. The highest BCUT2D eigenvalue weighted by atomic mass is 16.5. The third-order valence-electron chi connectivity index (χ3n) is 4.47. The molecule has 1 N–H and O–H groups in total. The molecule has 0 saturated heterocycles. The monoisotopic (exact) mass is 385 g/mol. The van der Waals surface area contributed by atoms with Crippen molar-refractivity contribution in [1.29, 1.82) is 0 Å². The molecule has 1 saturated carbocycles. The summed E-state index contributed by atoms with van der Waals surface area (Å²) < 4.78 is 15.9. The third-order valence-corrected chi connectivity index (χ3v) is 4.47. The van der Waals surface area contributed by atoms with E-state index in [4.69, 9.17) is 14.2 Å². The highest BCUT2D eigenvalue weighted by molar-refractivity contribution is 5.94. The van der Waals surface area contributed by atoms with Crippen LogP contribution in [0.4, 0.5) is 0 Å². The van der Waals surface area contributed by atoms with Gasteiger partial charge in [0.05, 0.1) is 19.5 Å². The maximum absolute atomic E-state index is 12.4. The first kappa shape index (κ1) is 19.6. The zero-order chi connectivity index (χ0) is 19.9. The van der Waals surface area contributed by atoms with Crippen LogP contribution >= 0.6 is 0 Å². The number of carbonyl (C=O) groups is 2. The molecule has 1 amide bonds. The largest absolute Gasteiger partial charge is 0.480 e. The Labute approximate surface area is 163 Å². The predicted molar refractivity (Wildman–Crippen MR) is 100 cm³/mol. The van der Waals surface area contributed by atoms with E-state index < -0.39 is 5.97 Å². The van der Waals surface area contributed by atoms with Crippen molar-refractivity contribution in [3.05, 3.63) is 42.2 Å². The lowest BCUT2D eigenvalue weighted by molar-refractivity contribution is -0.131. The Morgan fingerprint density at radius 3 is 2.36 bits per heavy atom. The molecule has 1 fully saturated rings. The molecule has 1 aliphatic carbocycles. The van der Waals surface area contributed by atoms with Crippen LogP contribution in [-0.4, -0.2) is 41.1 Å². The Morgan fingerprint density at radius 1 is 1.04 bits per heavy atom. The van der Waals surface area contributed by atoms with Crippen LogP contribution in [-0.2, 0) is 4.79 Å². The van der Waals surface area contributed by atoms with Crippen molar-refractivity contribution >= 4 is 11.9 Å². The smallest absolute Gasteiger partial charge is 0.308 e. The Morgan fingerprint density at radius 2 is 1.71 bits per heavy atom. The molecule has 0 radical (unpaired) electrons. The van der Waals surface area contributed by atoms with Gasteiger partial charge in [-0.2, -0.15) is 4.98 Å². The van der Waals surface area contributed by atoms with Gasteiger partial charge in [-0.15, -0.1) is 0 Å². The number of methoxy groups -OCH3 is 1. The second-order valence-electron chi connectivity index (χ2n) is 6.58. The van der Waals surface area contributed by atoms with E-state index in [1.165, 1.54) is 20.2 Å². The van der Waals surface area contributed by atoms with Crippen LogP contribution in [0.1, 0.15) is 43.0 Å². The van der Waals surface area contributed by atoms with Crippen LogP contribution in [0.3, 0.4) is 0 Å². The number of hydrogen-bond acceptors (Lipinski definition) is 7. The molecule has 1 aliphatic rings. The van der Waals surface area contributed by atoms with Gasteiger partial charge in [-0.1, -0.05) is 0 Å². The second-order valence-corrected chi connectivity index (χ2v) is 6.58. The van der Waals surface area contributed by atoms with E-state index in [-0.39, 0.29) is 18.1 Å². The number of aromatic nitrogens is 2. The standard InChI is InChI=1S/C20H23N3O5/c1-13(24)27-16-7-3-14(4-8-16)20(25)22-15-5-9-17(10-6-15)28-19-12-21-11-18(23-19)26-2/h3-4,7-8,11-12,15,17H,5-6,9-10H2,1-2H3,(H,22,25). The van der Waals surface area contributed by atoms with E-state index in [1.807, 2.05) is 0 Å². The number of nitrogens with zero attached hydrogens (tertiary/aromatic N) is 2. The van der Waals surface area contributed by atoms with Gasteiger partial charge in [0.2, 0.25) is 11.8 Å². The van der Waals surface area contributed by atoms with Crippen LogP contribution in [0.2, 0.25) is 0 Å². The van der Waals surface area contributed by atoms with Crippen molar-refractivity contribution < 1.29 is 23.8 Å². The van der Waals surface area contributed by atoms with Crippen molar-refractivity contribution in [2.24, 2.45) is 0 Å². The summed E-state index contributed by atoms with van der Waals surface area (Å²) in [6.07, 6.45) is 6.40. The van der Waals surface area contributed by atoms with E-state index in [9.17, 15) is 9.59 Å². The molecular weight excluding hydrogens is 362 g/mol. The molecule has 8 heteroatoms. The van der Waals surface area contributed by atoms with Gasteiger partial charge in [0.15, 0.2) is 0 Å². The van der Waals surface area contributed by atoms with E-state index >= 15 is 0 Å². The number of nitrogens with one attached hydrogen (secondary N) is 1. The van der Waals surface area contributed by atoms with Crippen LogP contribution in [0.15, 0.2) is 36.7 Å². The molecular formula is C20H23N3O5. The van der Waals surface area contributed by atoms with Crippen LogP contribution < -0.4 is 19.5 Å². The van der Waals surface area contributed by atoms with Gasteiger partial charge < -0.3 is 19.5 Å². The number of hydrogen-bond donors (Lipinski definition) is 1. The van der Waals surface area contributed by atoms with Gasteiger partial charge >= 0.3 is 5.97 Å². The zero-order valence-electron chi connectivity index (χ0n) is 15.9. The minimum atomic E-state index is -0.392. The number of ether oxygens (including phenoxy) is 3. The number of carbonyl (C=O) groups excluding carboxylic acids is 2. The third kappa shape index (κ3) is 5.42. The maximum Gasteiger partial charge on any atom is 0.308 e. The van der Waals surface area contributed by atoms with E-state index in [0.29, 0.717) is 23.1 Å². The summed E-state index contributed by atoms with van der Waals surface area (Å²) in [5.41, 5.74) is 0.529. The van der Waals surface area contributed by atoms with Crippen molar-refractivity contribution in [1.82, 2.24) is 15.3 Å². The molecule has 3 rings (SSSR count). The van der Waals surface area contributed by atoms with Crippen LogP contribution in [0.5, 0.6) is 17.5 Å². The summed E-state index contributed by atoms with van der Waals surface area (Å²) in [7, 11) is 1.53. The molecule has 28 heavy (non-hydrogen) atoms. The van der Waals surface area contributed by atoms with Crippen LogP contribution in [0.25, 0.3) is 0 Å². The van der Waals surface area contributed by atoms with Gasteiger partial charge in [0.25, 0.3) is 5.91 Å². The van der Waals surface area contributed by atoms with E-state index in [2.05, 4.69) is 15.3 Å². The molecule has 0 spiro atoms. The quantitative estimate of drug-likeness (QED) is 0.602. The highest BCUT2D eigenvalue weighted by Gasteiger charge is 2.24. The highest BCUT2D eigenvalue weighted by Crippen LogP contribution is 2.24. The summed E-state index contributed by atoms with van der Waals surface area (Å²) in [6.45, 7) is 1.33. The number of amides is 1. The lowest BCUT2D eigenvalue weighted by Crippen LogP contribution is -2.39. The van der Waals surface area contributed by atoms with Crippen molar-refractivity contribution in [2.75, 3.05) is 7.11 Å². The molecule has 2 aromatic rings. The Kier molecular flexibility index (Phi) is 6.41. The Hall–Kier alpha value is -3.16. The second kappa shape index (κ2) is 9.16. The first-order valence-electron chi connectivity index (χ1n) is 9.15. The molecule has 0 unspecified atom stereocenters. The van der Waals surface area contributed by atoms with Gasteiger partial charge in [0.1, 0.15) is 11.9 Å². The minimum absolute atomic E-state index is 0.0394. The first-order valence-corrected chi connectivity index (χ1v) is 9.15. The summed E-state index contributed by atoms with van der Waals surface area (Å²) in [4.78, 5) is 31.6. The molecule has 148 valence electrons. The normalized spacial score (nSPS) is 18.8. The average molecular weight is 385 g/mol. The SMILES string of the molecule is COc1cncc(OC2CCC(NC(=O)c3ccc(OC(C)=O)cc3)CC2)n1. The number of benzene rings is 1. The molecule has 0 aliphatic heterocycles. The molecule has 0 atom stereocenters. The fourth-order valence-corrected chi connectivity index (χ4v) is 3.09. The molecule has 1 aromatic heterocycles. The fourth-order valence-electron chi connectivity index (χ4n) is 3.09. The predicted octanol–water partition coefficient (Wildman–Crippen LogP) is 2.53. The average Bonchev–Trinajstić information content (AvgIpc) is 2.69. The first-order chi connectivity index (χ1) is 13.5. The van der Waals surface area contributed by atoms with Gasteiger partial charge in [-0.05, 0) is 49.9 Å². The van der Waals surface area contributed by atoms with Gasteiger partial charge in [-0.3, -0.25) is 14.6 Å². The summed E-state index contributed by atoms with van der Waals surface area (Å²) in [5.74, 6) is 0.744. The summed E-state index contributed by atoms with van der Waals surface area (Å²) in [6, 6.07) is 6.59. The number of esters is 1. The molecule has 1 heterocycles. The maximum atomic E-state index is 12.4. The van der Waals surface area contributed by atoms with E-state index in [1.54, 1.807) is 30.5 Å². The molecule has 1 aromatic carbocycles. The molecule has 8 nitrogen and oxygen atoms in total. The summed E-state index contributed by atoms with van der Waals surface area (Å²) in [5, 5.41) is 3.05. The molecule has 0 bridgehead atoms. The van der Waals surface area contributed by atoms with Crippen molar-refractivity contribution in [3.8, 4) is 17.5 Å². The van der Waals surface area contributed by atoms with Gasteiger partial charge in [-0.25, -0.2) is 0 Å². The van der Waals surface area contributed by atoms with Crippen LogP contribution in [0, 0.1) is 0 Å². The Bertz CT molecular complexity index is 817. The lowest BCUT2D eigenvalue weighted by Gasteiger charge is -2.29.